The van der Waals surface area contributed by atoms with E-state index in [0.29, 0.717) is 12.5 Å². The summed E-state index contributed by atoms with van der Waals surface area (Å²) in [5.74, 6) is 0.456. The molecule has 1 atom stereocenters. The lowest BCUT2D eigenvalue weighted by Crippen LogP contribution is -2.14. The summed E-state index contributed by atoms with van der Waals surface area (Å²) in [4.78, 5) is 0. The number of alkyl halides is 1. The van der Waals surface area contributed by atoms with Crippen molar-refractivity contribution >= 4 is 27.5 Å². The second-order valence-corrected chi connectivity index (χ2v) is 5.94. The molecule has 0 aliphatic heterocycles. The first kappa shape index (κ1) is 15.6. The van der Waals surface area contributed by atoms with Crippen LogP contribution < -0.4 is 0 Å². The third-order valence-corrected chi connectivity index (χ3v) is 4.25. The maximum Gasteiger partial charge on any atom is 0.0717 e. The standard InChI is InChI=1S/C17H18BrClO/c18-11-16(9-15-7-4-8-17(19)10-15)13-20-12-14-5-2-1-3-6-14/h1-8,10,16H,9,11-13H2. The van der Waals surface area contributed by atoms with Gasteiger partial charge in [0, 0.05) is 10.4 Å². The molecule has 2 aromatic carbocycles. The molecular weight excluding hydrogens is 336 g/mol. The molecule has 0 aliphatic rings. The Balaban J connectivity index is 1.80. The monoisotopic (exact) mass is 352 g/mol. The van der Waals surface area contributed by atoms with E-state index >= 15 is 0 Å². The van der Waals surface area contributed by atoms with Crippen LogP contribution in [-0.2, 0) is 17.8 Å². The summed E-state index contributed by atoms with van der Waals surface area (Å²) in [6, 6.07) is 18.3. The fourth-order valence-corrected chi connectivity index (χ4v) is 2.70. The van der Waals surface area contributed by atoms with Gasteiger partial charge in [-0.05, 0) is 35.6 Å². The van der Waals surface area contributed by atoms with Crippen LogP contribution in [0.1, 0.15) is 11.1 Å². The Kier molecular flexibility index (Phi) is 6.58. The van der Waals surface area contributed by atoms with Gasteiger partial charge in [-0.3, -0.25) is 0 Å². The number of hydrogen-bond acceptors (Lipinski definition) is 1. The molecule has 3 heteroatoms. The number of halogens is 2. The van der Waals surface area contributed by atoms with Crippen LogP contribution in [0.25, 0.3) is 0 Å². The minimum absolute atomic E-state index is 0.456. The normalized spacial score (nSPS) is 12.3. The van der Waals surface area contributed by atoms with Crippen LogP contribution in [0.3, 0.4) is 0 Å². The Bertz CT molecular complexity index is 515. The molecule has 1 nitrogen and oxygen atoms in total. The van der Waals surface area contributed by atoms with Gasteiger partial charge in [-0.15, -0.1) is 0 Å². The smallest absolute Gasteiger partial charge is 0.0717 e. The van der Waals surface area contributed by atoms with Crippen molar-refractivity contribution < 1.29 is 4.74 Å². The number of benzene rings is 2. The van der Waals surface area contributed by atoms with E-state index in [4.69, 9.17) is 16.3 Å². The highest BCUT2D eigenvalue weighted by Crippen LogP contribution is 2.16. The molecule has 0 aromatic heterocycles. The molecular formula is C17H18BrClO. The zero-order valence-corrected chi connectivity index (χ0v) is 13.6. The molecule has 2 aromatic rings. The molecule has 0 amide bonds. The molecule has 0 spiro atoms. The summed E-state index contributed by atoms with van der Waals surface area (Å²) < 4.78 is 5.81. The maximum atomic E-state index is 6.01. The van der Waals surface area contributed by atoms with E-state index in [2.05, 4.69) is 34.1 Å². The molecule has 106 valence electrons. The van der Waals surface area contributed by atoms with E-state index in [1.807, 2.05) is 36.4 Å². The van der Waals surface area contributed by atoms with Crippen molar-refractivity contribution in [2.75, 3.05) is 11.9 Å². The Morgan fingerprint density at radius 2 is 1.75 bits per heavy atom. The van der Waals surface area contributed by atoms with Crippen LogP contribution in [-0.4, -0.2) is 11.9 Å². The average molecular weight is 354 g/mol. The predicted octanol–water partition coefficient (Wildman–Crippen LogP) is 5.11. The van der Waals surface area contributed by atoms with Crippen molar-refractivity contribution in [1.29, 1.82) is 0 Å². The van der Waals surface area contributed by atoms with Crippen LogP contribution in [0.4, 0.5) is 0 Å². The minimum Gasteiger partial charge on any atom is -0.376 e. The molecule has 0 aliphatic carbocycles. The lowest BCUT2D eigenvalue weighted by molar-refractivity contribution is 0.0938. The fourth-order valence-electron chi connectivity index (χ4n) is 2.07. The van der Waals surface area contributed by atoms with Gasteiger partial charge in [0.1, 0.15) is 0 Å². The van der Waals surface area contributed by atoms with Crippen LogP contribution in [0.5, 0.6) is 0 Å². The second-order valence-electron chi connectivity index (χ2n) is 4.86. The van der Waals surface area contributed by atoms with Crippen molar-refractivity contribution in [1.82, 2.24) is 0 Å². The highest BCUT2D eigenvalue weighted by molar-refractivity contribution is 9.09. The van der Waals surface area contributed by atoms with Gasteiger partial charge in [-0.2, -0.15) is 0 Å². The largest absolute Gasteiger partial charge is 0.376 e. The topological polar surface area (TPSA) is 9.23 Å². The van der Waals surface area contributed by atoms with Gasteiger partial charge in [-0.1, -0.05) is 70.0 Å². The third-order valence-electron chi connectivity index (χ3n) is 3.10. The molecule has 0 N–H and O–H groups in total. The van der Waals surface area contributed by atoms with E-state index in [9.17, 15) is 0 Å². The quantitative estimate of drug-likeness (QED) is 0.628. The fraction of sp³-hybridized carbons (Fsp3) is 0.294. The van der Waals surface area contributed by atoms with Crippen molar-refractivity contribution in [3.8, 4) is 0 Å². The molecule has 2 rings (SSSR count). The number of ether oxygens (including phenoxy) is 1. The van der Waals surface area contributed by atoms with E-state index in [1.54, 1.807) is 0 Å². The third kappa shape index (κ3) is 5.28. The van der Waals surface area contributed by atoms with E-state index < -0.39 is 0 Å². The zero-order valence-electron chi connectivity index (χ0n) is 11.3. The summed E-state index contributed by atoms with van der Waals surface area (Å²) in [5.41, 5.74) is 2.47. The molecule has 20 heavy (non-hydrogen) atoms. The molecule has 0 saturated carbocycles. The van der Waals surface area contributed by atoms with Crippen molar-refractivity contribution in [2.24, 2.45) is 5.92 Å². The maximum absolute atomic E-state index is 6.01. The first-order valence-electron chi connectivity index (χ1n) is 6.70. The van der Waals surface area contributed by atoms with Gasteiger partial charge in [0.15, 0.2) is 0 Å². The lowest BCUT2D eigenvalue weighted by atomic mass is 10.0. The Morgan fingerprint density at radius 3 is 2.45 bits per heavy atom. The summed E-state index contributed by atoms with van der Waals surface area (Å²) in [5, 5.41) is 1.72. The number of rotatable bonds is 7. The van der Waals surface area contributed by atoms with Crippen LogP contribution >= 0.6 is 27.5 Å². The van der Waals surface area contributed by atoms with Crippen molar-refractivity contribution in [3.63, 3.8) is 0 Å². The first-order chi connectivity index (χ1) is 9.78. The molecule has 0 heterocycles. The van der Waals surface area contributed by atoms with Gasteiger partial charge in [0.05, 0.1) is 13.2 Å². The van der Waals surface area contributed by atoms with Crippen molar-refractivity contribution in [3.05, 3.63) is 70.7 Å². The molecule has 0 bridgehead atoms. The zero-order chi connectivity index (χ0) is 14.2. The van der Waals surface area contributed by atoms with Gasteiger partial charge in [0.2, 0.25) is 0 Å². The molecule has 0 radical (unpaired) electrons. The summed E-state index contributed by atoms with van der Waals surface area (Å²) >= 11 is 9.58. The van der Waals surface area contributed by atoms with Gasteiger partial charge < -0.3 is 4.74 Å². The van der Waals surface area contributed by atoms with E-state index in [-0.39, 0.29) is 0 Å². The summed E-state index contributed by atoms with van der Waals surface area (Å²) in [6.45, 7) is 1.41. The second kappa shape index (κ2) is 8.46. The van der Waals surface area contributed by atoms with Crippen LogP contribution in [0.15, 0.2) is 54.6 Å². The average Bonchev–Trinajstić information content (AvgIpc) is 2.47. The van der Waals surface area contributed by atoms with Gasteiger partial charge in [-0.25, -0.2) is 0 Å². The Labute approximate surface area is 134 Å². The minimum atomic E-state index is 0.456. The van der Waals surface area contributed by atoms with Crippen LogP contribution in [0.2, 0.25) is 5.02 Å². The SMILES string of the molecule is Clc1cccc(CC(CBr)COCc2ccccc2)c1. The van der Waals surface area contributed by atoms with Gasteiger partial charge in [0.25, 0.3) is 0 Å². The van der Waals surface area contributed by atoms with Crippen molar-refractivity contribution in [2.45, 2.75) is 13.0 Å². The lowest BCUT2D eigenvalue weighted by Gasteiger charge is -2.15. The highest BCUT2D eigenvalue weighted by Gasteiger charge is 2.09. The Hall–Kier alpha value is -0.830. The predicted molar refractivity (Wildman–Crippen MR) is 88.5 cm³/mol. The highest BCUT2D eigenvalue weighted by atomic mass is 79.9. The summed E-state index contributed by atoms with van der Waals surface area (Å²) in [6.07, 6.45) is 0.973. The molecule has 0 saturated heterocycles. The van der Waals surface area contributed by atoms with E-state index in [0.717, 1.165) is 23.4 Å². The van der Waals surface area contributed by atoms with Gasteiger partial charge >= 0.3 is 0 Å². The molecule has 0 fully saturated rings. The van der Waals surface area contributed by atoms with E-state index in [1.165, 1.54) is 11.1 Å². The molecule has 1 unspecified atom stereocenters. The first-order valence-corrected chi connectivity index (χ1v) is 8.20. The number of hydrogen-bond donors (Lipinski definition) is 0. The Morgan fingerprint density at radius 1 is 1.00 bits per heavy atom. The van der Waals surface area contributed by atoms with Crippen LogP contribution in [0, 0.1) is 5.92 Å². The summed E-state index contributed by atoms with van der Waals surface area (Å²) in [7, 11) is 0.